The molecular weight excluding hydrogens is 226 g/mol. The molecule has 1 amide bonds. The van der Waals surface area contributed by atoms with Crippen molar-refractivity contribution in [1.29, 1.82) is 0 Å². The van der Waals surface area contributed by atoms with Gasteiger partial charge in [-0.25, -0.2) is 0 Å². The van der Waals surface area contributed by atoms with Crippen molar-refractivity contribution < 1.29 is 4.79 Å². The first-order chi connectivity index (χ1) is 8.58. The van der Waals surface area contributed by atoms with Crippen molar-refractivity contribution in [3.05, 3.63) is 23.8 Å². The first-order valence-electron chi connectivity index (χ1n) is 6.44. The van der Waals surface area contributed by atoms with Gasteiger partial charge in [-0.1, -0.05) is 6.07 Å². The fourth-order valence-corrected chi connectivity index (χ4v) is 2.44. The van der Waals surface area contributed by atoms with Gasteiger partial charge >= 0.3 is 0 Å². The Hall–Kier alpha value is -1.71. The predicted octanol–water partition coefficient (Wildman–Crippen LogP) is 1.64. The number of carbonyl (C=O) groups is 1. The van der Waals surface area contributed by atoms with Crippen LogP contribution >= 0.6 is 0 Å². The van der Waals surface area contributed by atoms with Gasteiger partial charge in [0.15, 0.2) is 0 Å². The molecule has 1 fully saturated rings. The highest BCUT2D eigenvalue weighted by atomic mass is 16.2. The van der Waals surface area contributed by atoms with Crippen LogP contribution < -0.4 is 10.6 Å². The molecule has 1 saturated heterocycles. The van der Waals surface area contributed by atoms with E-state index in [0.29, 0.717) is 0 Å². The number of benzene rings is 1. The molecule has 0 spiro atoms. The van der Waals surface area contributed by atoms with Gasteiger partial charge in [-0.2, -0.15) is 0 Å². The first-order valence-corrected chi connectivity index (χ1v) is 6.44. The predicted molar refractivity (Wildman–Crippen MR) is 74.7 cm³/mol. The van der Waals surface area contributed by atoms with E-state index in [-0.39, 0.29) is 5.91 Å². The second kappa shape index (κ2) is 5.29. The van der Waals surface area contributed by atoms with Crippen LogP contribution in [0.25, 0.3) is 0 Å². The second-order valence-corrected chi connectivity index (χ2v) is 4.91. The number of anilines is 2. The van der Waals surface area contributed by atoms with E-state index < -0.39 is 0 Å². The maximum absolute atomic E-state index is 11.4. The number of rotatable bonds is 1. The van der Waals surface area contributed by atoms with E-state index in [1.807, 2.05) is 17.9 Å². The highest BCUT2D eigenvalue weighted by molar-refractivity contribution is 5.73. The Morgan fingerprint density at radius 2 is 2.00 bits per heavy atom. The molecule has 1 aromatic rings. The highest BCUT2D eigenvalue weighted by Gasteiger charge is 2.17. The van der Waals surface area contributed by atoms with Crippen LogP contribution in [0, 0.1) is 6.92 Å². The summed E-state index contributed by atoms with van der Waals surface area (Å²) in [5.74, 6) is 0.161. The Bertz CT molecular complexity index is 445. The van der Waals surface area contributed by atoms with E-state index in [2.05, 4.69) is 17.0 Å². The third-order valence-corrected chi connectivity index (χ3v) is 3.46. The maximum atomic E-state index is 11.4. The Labute approximate surface area is 108 Å². The average molecular weight is 247 g/mol. The Morgan fingerprint density at radius 3 is 2.67 bits per heavy atom. The summed E-state index contributed by atoms with van der Waals surface area (Å²) in [6.45, 7) is 7.11. The van der Waals surface area contributed by atoms with Crippen LogP contribution in [-0.2, 0) is 4.79 Å². The monoisotopic (exact) mass is 247 g/mol. The third-order valence-electron chi connectivity index (χ3n) is 3.46. The molecule has 0 saturated carbocycles. The third kappa shape index (κ3) is 2.75. The minimum Gasteiger partial charge on any atom is -0.397 e. The van der Waals surface area contributed by atoms with Gasteiger partial charge < -0.3 is 15.5 Å². The number of hydrogen-bond acceptors (Lipinski definition) is 3. The lowest BCUT2D eigenvalue weighted by Crippen LogP contribution is -2.33. The Kier molecular flexibility index (Phi) is 3.75. The molecule has 1 aromatic carbocycles. The summed E-state index contributed by atoms with van der Waals surface area (Å²) < 4.78 is 0. The molecule has 2 N–H and O–H groups in total. The average Bonchev–Trinajstić information content (AvgIpc) is 2.54. The minimum absolute atomic E-state index is 0.161. The molecule has 0 aromatic heterocycles. The van der Waals surface area contributed by atoms with E-state index in [1.54, 1.807) is 6.92 Å². The van der Waals surface area contributed by atoms with Crippen molar-refractivity contribution in [3.63, 3.8) is 0 Å². The molecule has 1 heterocycles. The van der Waals surface area contributed by atoms with Gasteiger partial charge in [0.25, 0.3) is 0 Å². The standard InChI is InChI=1S/C14H21N3O/c1-11-4-5-14(13(15)10-11)17-7-3-6-16(8-9-17)12(2)18/h4-5,10H,3,6-9,15H2,1-2H3. The van der Waals surface area contributed by atoms with Crippen LogP contribution in [0.15, 0.2) is 18.2 Å². The lowest BCUT2D eigenvalue weighted by molar-refractivity contribution is -0.128. The van der Waals surface area contributed by atoms with Gasteiger partial charge in [0.05, 0.1) is 11.4 Å². The molecule has 4 nitrogen and oxygen atoms in total. The van der Waals surface area contributed by atoms with E-state index >= 15 is 0 Å². The first kappa shape index (κ1) is 12.7. The van der Waals surface area contributed by atoms with Crippen LogP contribution in [0.2, 0.25) is 0 Å². The van der Waals surface area contributed by atoms with Gasteiger partial charge in [-0.05, 0) is 31.0 Å². The van der Waals surface area contributed by atoms with Crippen molar-refractivity contribution in [1.82, 2.24) is 4.90 Å². The van der Waals surface area contributed by atoms with E-state index in [1.165, 1.54) is 5.56 Å². The van der Waals surface area contributed by atoms with Gasteiger partial charge in [-0.15, -0.1) is 0 Å². The number of aryl methyl sites for hydroxylation is 1. The van der Waals surface area contributed by atoms with Crippen molar-refractivity contribution in [2.75, 3.05) is 36.8 Å². The van der Waals surface area contributed by atoms with E-state index in [4.69, 9.17) is 5.73 Å². The Morgan fingerprint density at radius 1 is 1.22 bits per heavy atom. The molecule has 1 aliphatic rings. The molecule has 0 radical (unpaired) electrons. The number of nitrogen functional groups attached to an aromatic ring is 1. The zero-order valence-electron chi connectivity index (χ0n) is 11.1. The summed E-state index contributed by atoms with van der Waals surface area (Å²) in [5, 5.41) is 0. The van der Waals surface area contributed by atoms with Crippen LogP contribution in [0.3, 0.4) is 0 Å². The quantitative estimate of drug-likeness (QED) is 0.767. The molecule has 0 atom stereocenters. The molecule has 0 unspecified atom stereocenters. The van der Waals surface area contributed by atoms with Crippen LogP contribution in [0.5, 0.6) is 0 Å². The molecule has 18 heavy (non-hydrogen) atoms. The number of carbonyl (C=O) groups excluding carboxylic acids is 1. The fraction of sp³-hybridized carbons (Fsp3) is 0.500. The van der Waals surface area contributed by atoms with E-state index in [9.17, 15) is 4.79 Å². The van der Waals surface area contributed by atoms with Gasteiger partial charge in [0.2, 0.25) is 5.91 Å². The van der Waals surface area contributed by atoms with Crippen LogP contribution in [0.1, 0.15) is 18.9 Å². The lowest BCUT2D eigenvalue weighted by atomic mass is 10.1. The van der Waals surface area contributed by atoms with Crippen LogP contribution in [0.4, 0.5) is 11.4 Å². The summed E-state index contributed by atoms with van der Waals surface area (Å²) in [6, 6.07) is 6.16. The fourth-order valence-electron chi connectivity index (χ4n) is 2.44. The van der Waals surface area contributed by atoms with Gasteiger partial charge in [-0.3, -0.25) is 4.79 Å². The van der Waals surface area contributed by atoms with Crippen LogP contribution in [-0.4, -0.2) is 37.0 Å². The normalized spacial score (nSPS) is 16.6. The largest absolute Gasteiger partial charge is 0.397 e. The number of hydrogen-bond donors (Lipinski definition) is 1. The molecule has 0 bridgehead atoms. The zero-order chi connectivity index (χ0) is 13.1. The van der Waals surface area contributed by atoms with E-state index in [0.717, 1.165) is 44.0 Å². The second-order valence-electron chi connectivity index (χ2n) is 4.91. The van der Waals surface area contributed by atoms with Crippen molar-refractivity contribution in [2.24, 2.45) is 0 Å². The lowest BCUT2D eigenvalue weighted by Gasteiger charge is -2.24. The Balaban J connectivity index is 2.12. The number of amides is 1. The number of nitrogens with zero attached hydrogens (tertiary/aromatic N) is 2. The van der Waals surface area contributed by atoms with Gasteiger partial charge in [0.1, 0.15) is 0 Å². The maximum Gasteiger partial charge on any atom is 0.219 e. The molecule has 0 aliphatic carbocycles. The van der Waals surface area contributed by atoms with Crippen molar-refractivity contribution in [2.45, 2.75) is 20.3 Å². The zero-order valence-corrected chi connectivity index (χ0v) is 11.1. The molecule has 4 heteroatoms. The summed E-state index contributed by atoms with van der Waals surface area (Å²) in [5.41, 5.74) is 9.17. The van der Waals surface area contributed by atoms with Gasteiger partial charge in [0, 0.05) is 33.1 Å². The summed E-state index contributed by atoms with van der Waals surface area (Å²) >= 11 is 0. The van der Waals surface area contributed by atoms with Crippen molar-refractivity contribution in [3.8, 4) is 0 Å². The molecule has 98 valence electrons. The number of nitrogens with two attached hydrogens (primary N) is 1. The smallest absolute Gasteiger partial charge is 0.219 e. The van der Waals surface area contributed by atoms with Crippen molar-refractivity contribution >= 4 is 17.3 Å². The topological polar surface area (TPSA) is 49.6 Å². The molecule has 1 aliphatic heterocycles. The SMILES string of the molecule is CC(=O)N1CCCN(c2ccc(C)cc2N)CC1. The molecular formula is C14H21N3O. The highest BCUT2D eigenvalue weighted by Crippen LogP contribution is 2.25. The minimum atomic E-state index is 0.161. The molecule has 2 rings (SSSR count). The summed E-state index contributed by atoms with van der Waals surface area (Å²) in [6.07, 6.45) is 0.993. The summed E-state index contributed by atoms with van der Waals surface area (Å²) in [4.78, 5) is 15.6. The summed E-state index contributed by atoms with van der Waals surface area (Å²) in [7, 11) is 0.